The third-order valence-electron chi connectivity index (χ3n) is 2.00. The maximum atomic E-state index is 9.18. The minimum Gasteiger partial charge on any atom is -0.395 e. The summed E-state index contributed by atoms with van der Waals surface area (Å²) in [5.41, 5.74) is 0. The van der Waals surface area contributed by atoms with Crippen LogP contribution in [0.2, 0.25) is 0 Å². The van der Waals surface area contributed by atoms with Gasteiger partial charge in [-0.3, -0.25) is 0 Å². The lowest BCUT2D eigenvalue weighted by atomic mass is 10.1. The molecular weight excluding hydrogens is 150 g/mol. The van der Waals surface area contributed by atoms with Gasteiger partial charge in [-0.1, -0.05) is 0 Å². The molecule has 5 heteroatoms. The van der Waals surface area contributed by atoms with E-state index in [0.717, 1.165) is 0 Å². The number of aliphatic hydroxyl groups excluding tert-OH is 4. The number of rotatable bonds is 2. The van der Waals surface area contributed by atoms with Crippen molar-refractivity contribution in [1.29, 1.82) is 0 Å². The molecule has 11 heavy (non-hydrogen) atoms. The van der Waals surface area contributed by atoms with Crippen LogP contribution >= 0.6 is 0 Å². The zero-order valence-corrected chi connectivity index (χ0v) is 6.01. The van der Waals surface area contributed by atoms with E-state index in [1.54, 1.807) is 0 Å². The maximum absolute atomic E-state index is 9.18. The topological polar surface area (TPSA) is 93.0 Å². The molecule has 1 saturated heterocycles. The summed E-state index contributed by atoms with van der Waals surface area (Å²) in [6, 6.07) is -1.05. The first-order valence-corrected chi connectivity index (χ1v) is 3.54. The average Bonchev–Trinajstić information content (AvgIpc) is 2.30. The van der Waals surface area contributed by atoms with Crippen LogP contribution in [0.25, 0.3) is 0 Å². The zero-order chi connectivity index (χ0) is 8.43. The van der Waals surface area contributed by atoms with Crippen LogP contribution in [-0.2, 0) is 0 Å². The second-order valence-electron chi connectivity index (χ2n) is 2.73. The van der Waals surface area contributed by atoms with Gasteiger partial charge in [0.2, 0.25) is 0 Å². The molecule has 0 aromatic carbocycles. The van der Waals surface area contributed by atoms with Crippen molar-refractivity contribution in [2.45, 2.75) is 24.3 Å². The van der Waals surface area contributed by atoms with E-state index in [0.29, 0.717) is 0 Å². The lowest BCUT2D eigenvalue weighted by Crippen LogP contribution is -2.37. The van der Waals surface area contributed by atoms with Gasteiger partial charge in [0, 0.05) is 0 Å². The van der Waals surface area contributed by atoms with Crippen molar-refractivity contribution in [2.24, 2.45) is 0 Å². The minimum absolute atomic E-state index is 0.241. The summed E-state index contributed by atoms with van der Waals surface area (Å²) in [5, 5.41) is 38.3. The number of aliphatic hydroxyl groups is 4. The average molecular weight is 163 g/mol. The molecule has 0 amide bonds. The highest BCUT2D eigenvalue weighted by Gasteiger charge is 2.39. The van der Waals surface area contributed by atoms with Crippen molar-refractivity contribution < 1.29 is 20.4 Å². The van der Waals surface area contributed by atoms with Gasteiger partial charge in [-0.2, -0.15) is 0 Å². The molecule has 4 atom stereocenters. The van der Waals surface area contributed by atoms with Gasteiger partial charge in [-0.25, -0.2) is 0 Å². The molecule has 1 aliphatic rings. The molecule has 0 aromatic rings. The molecule has 0 spiro atoms. The van der Waals surface area contributed by atoms with Gasteiger partial charge in [0.05, 0.1) is 37.5 Å². The van der Waals surface area contributed by atoms with Gasteiger partial charge in [-0.15, -0.1) is 0 Å². The lowest BCUT2D eigenvalue weighted by molar-refractivity contribution is 0.0130. The van der Waals surface area contributed by atoms with Gasteiger partial charge in [-0.05, 0) is 0 Å². The Morgan fingerprint density at radius 3 is 1.45 bits per heavy atom. The van der Waals surface area contributed by atoms with Crippen LogP contribution < -0.4 is 5.32 Å². The van der Waals surface area contributed by atoms with Crippen LogP contribution in [0.1, 0.15) is 0 Å². The van der Waals surface area contributed by atoms with Gasteiger partial charge >= 0.3 is 0 Å². The molecule has 1 fully saturated rings. The highest BCUT2D eigenvalue weighted by Crippen LogP contribution is 2.13. The monoisotopic (exact) mass is 163 g/mol. The third kappa shape index (κ3) is 1.52. The van der Waals surface area contributed by atoms with Crippen LogP contribution in [0.15, 0.2) is 0 Å². The summed E-state index contributed by atoms with van der Waals surface area (Å²) in [4.78, 5) is 0. The fraction of sp³-hybridized carbons (Fsp3) is 1.00. The van der Waals surface area contributed by atoms with Gasteiger partial charge in [0.15, 0.2) is 0 Å². The number of hydrogen-bond donors (Lipinski definition) is 5. The molecule has 5 nitrogen and oxygen atoms in total. The molecule has 3 unspecified atom stereocenters. The van der Waals surface area contributed by atoms with E-state index in [4.69, 9.17) is 10.2 Å². The first-order chi connectivity index (χ1) is 5.20. The smallest absolute Gasteiger partial charge is 0.0990 e. The Labute approximate surface area is 64.3 Å². The third-order valence-corrected chi connectivity index (χ3v) is 2.00. The van der Waals surface area contributed by atoms with Gasteiger partial charge < -0.3 is 25.7 Å². The Hall–Kier alpha value is -0.200. The second kappa shape index (κ2) is 3.46. The van der Waals surface area contributed by atoms with Crippen molar-refractivity contribution in [3.05, 3.63) is 0 Å². The SMILES string of the molecule is OCC1NC(CO)[C@H](O)C1O. The normalized spacial score (nSPS) is 44.7. The van der Waals surface area contributed by atoms with E-state index in [1.165, 1.54) is 0 Å². The van der Waals surface area contributed by atoms with Crippen molar-refractivity contribution in [2.75, 3.05) is 13.2 Å². The minimum atomic E-state index is -0.989. The highest BCUT2D eigenvalue weighted by molar-refractivity contribution is 4.97. The van der Waals surface area contributed by atoms with Crippen LogP contribution in [0.5, 0.6) is 0 Å². The Kier molecular flexibility index (Phi) is 2.80. The summed E-state index contributed by atoms with van der Waals surface area (Å²) < 4.78 is 0. The van der Waals surface area contributed by atoms with Crippen molar-refractivity contribution >= 4 is 0 Å². The van der Waals surface area contributed by atoms with Crippen LogP contribution in [-0.4, -0.2) is 57.9 Å². The van der Waals surface area contributed by atoms with Gasteiger partial charge in [0.1, 0.15) is 0 Å². The quantitative estimate of drug-likeness (QED) is 0.300. The molecule has 0 radical (unpaired) electrons. The Morgan fingerprint density at radius 2 is 1.27 bits per heavy atom. The summed E-state index contributed by atoms with van der Waals surface area (Å²) in [6.07, 6.45) is -1.98. The molecular formula is C6H13NO4. The summed E-state index contributed by atoms with van der Waals surface area (Å²) in [5.74, 6) is 0. The van der Waals surface area contributed by atoms with Crippen molar-refractivity contribution in [3.63, 3.8) is 0 Å². The predicted molar refractivity (Wildman–Crippen MR) is 36.9 cm³/mol. The second-order valence-corrected chi connectivity index (χ2v) is 2.73. The Morgan fingerprint density at radius 1 is 0.909 bits per heavy atom. The van der Waals surface area contributed by atoms with E-state index in [9.17, 15) is 10.2 Å². The van der Waals surface area contributed by atoms with E-state index in [2.05, 4.69) is 5.32 Å². The Balaban J connectivity index is 2.53. The Bertz CT molecular complexity index is 114. The van der Waals surface area contributed by atoms with E-state index in [1.807, 2.05) is 0 Å². The lowest BCUT2D eigenvalue weighted by Gasteiger charge is -2.12. The molecule has 1 rings (SSSR count). The molecule has 1 heterocycles. The highest BCUT2D eigenvalue weighted by atomic mass is 16.3. The fourth-order valence-corrected chi connectivity index (χ4v) is 1.27. The first kappa shape index (κ1) is 8.89. The summed E-state index contributed by atoms with van der Waals surface area (Å²) >= 11 is 0. The largest absolute Gasteiger partial charge is 0.395 e. The number of hydrogen-bond acceptors (Lipinski definition) is 5. The fourth-order valence-electron chi connectivity index (χ4n) is 1.27. The van der Waals surface area contributed by atoms with Crippen molar-refractivity contribution in [1.82, 2.24) is 5.32 Å². The standard InChI is InChI=1S/C6H13NO4/c8-1-3-5(10)6(11)4(2-9)7-3/h3-11H,1-2H2/t3?,4?,5-,6?/m0/s1. The van der Waals surface area contributed by atoms with Crippen LogP contribution in [0, 0.1) is 0 Å². The van der Waals surface area contributed by atoms with Crippen molar-refractivity contribution in [3.8, 4) is 0 Å². The first-order valence-electron chi connectivity index (χ1n) is 3.54. The van der Waals surface area contributed by atoms with Crippen LogP contribution in [0.4, 0.5) is 0 Å². The van der Waals surface area contributed by atoms with Crippen LogP contribution in [0.3, 0.4) is 0 Å². The summed E-state index contributed by atoms with van der Waals surface area (Å²) in [6.45, 7) is -0.483. The molecule has 0 aliphatic carbocycles. The molecule has 0 saturated carbocycles. The van der Waals surface area contributed by atoms with Gasteiger partial charge in [0.25, 0.3) is 0 Å². The summed E-state index contributed by atoms with van der Waals surface area (Å²) in [7, 11) is 0. The van der Waals surface area contributed by atoms with E-state index >= 15 is 0 Å². The molecule has 5 N–H and O–H groups in total. The number of nitrogens with one attached hydrogen (secondary N) is 1. The van der Waals surface area contributed by atoms with E-state index in [-0.39, 0.29) is 13.2 Å². The van der Waals surface area contributed by atoms with E-state index < -0.39 is 24.3 Å². The maximum Gasteiger partial charge on any atom is 0.0990 e. The molecule has 0 aromatic heterocycles. The zero-order valence-electron chi connectivity index (χ0n) is 6.01. The molecule has 1 aliphatic heterocycles. The molecule has 0 bridgehead atoms. The molecule has 66 valence electrons. The predicted octanol–water partition coefficient (Wildman–Crippen LogP) is -2.97.